The third kappa shape index (κ3) is 6.36. The van der Waals surface area contributed by atoms with Crippen LogP contribution in [0.2, 0.25) is 0 Å². The first-order valence-corrected chi connectivity index (χ1v) is 5.88. The Bertz CT molecular complexity index is 106. The molecule has 1 unspecified atom stereocenters. The van der Waals surface area contributed by atoms with Crippen molar-refractivity contribution in [2.24, 2.45) is 0 Å². The molecule has 0 amide bonds. The van der Waals surface area contributed by atoms with Crippen molar-refractivity contribution in [1.82, 2.24) is 0 Å². The number of hydrogen-bond donors (Lipinski definition) is 1. The first kappa shape index (κ1) is 13.3. The van der Waals surface area contributed by atoms with Crippen molar-refractivity contribution in [2.45, 2.75) is 33.2 Å². The third-order valence-corrected chi connectivity index (χ3v) is 2.33. The fourth-order valence-electron chi connectivity index (χ4n) is 0.706. The van der Waals surface area contributed by atoms with Gasteiger partial charge in [0.25, 0.3) is 0 Å². The molecule has 0 bridgehead atoms. The monoisotopic (exact) mass is 210 g/mol. The van der Waals surface area contributed by atoms with Gasteiger partial charge >= 0.3 is 0 Å². The third-order valence-electron chi connectivity index (χ3n) is 1.23. The molecule has 4 nitrogen and oxygen atoms in total. The molecule has 5 heteroatoms. The molecule has 0 radical (unpaired) electrons. The Kier molecular flexibility index (Phi) is 9.03. The molecular formula is C8H19O4P. The second-order valence-electron chi connectivity index (χ2n) is 2.35. The lowest BCUT2D eigenvalue weighted by Gasteiger charge is -2.20. The molecule has 13 heavy (non-hydrogen) atoms. The van der Waals surface area contributed by atoms with Gasteiger partial charge in [0.15, 0.2) is 0 Å². The fraction of sp³-hybridized carbons (Fsp3) is 1.00. The molecular weight excluding hydrogens is 191 g/mol. The van der Waals surface area contributed by atoms with E-state index in [0.717, 1.165) is 6.42 Å². The highest BCUT2D eigenvalue weighted by Gasteiger charge is 2.21. The molecule has 0 aliphatic heterocycles. The minimum absolute atomic E-state index is 0.513. The minimum Gasteiger partial charge on any atom is -0.346 e. The highest BCUT2D eigenvalue weighted by atomic mass is 31.2. The maximum atomic E-state index is 9.49. The molecule has 0 aromatic rings. The zero-order valence-electron chi connectivity index (χ0n) is 8.52. The molecule has 0 aliphatic carbocycles. The van der Waals surface area contributed by atoms with Crippen LogP contribution in [-0.2, 0) is 14.0 Å². The molecule has 0 aromatic carbocycles. The summed E-state index contributed by atoms with van der Waals surface area (Å²) in [5, 5.41) is 0. The van der Waals surface area contributed by atoms with Gasteiger partial charge in [0.05, 0.1) is 6.61 Å². The predicted octanol–water partition coefficient (Wildman–Crippen LogP) is 2.07. The summed E-state index contributed by atoms with van der Waals surface area (Å²) < 4.78 is 15.5. The van der Waals surface area contributed by atoms with E-state index in [1.54, 1.807) is 0 Å². The molecule has 0 saturated heterocycles. The average molecular weight is 210 g/mol. The van der Waals surface area contributed by atoms with Crippen LogP contribution in [0, 0.1) is 0 Å². The molecule has 0 rings (SSSR count). The van der Waals surface area contributed by atoms with E-state index in [9.17, 15) is 4.89 Å². The largest absolute Gasteiger partial charge is 0.346 e. The number of ether oxygens (including phenoxy) is 2. The van der Waals surface area contributed by atoms with Crippen LogP contribution in [-0.4, -0.2) is 30.7 Å². The van der Waals surface area contributed by atoms with Gasteiger partial charge < -0.3 is 18.9 Å². The van der Waals surface area contributed by atoms with E-state index in [-0.39, 0.29) is 0 Å². The van der Waals surface area contributed by atoms with Crippen LogP contribution < -0.4 is 0 Å². The van der Waals surface area contributed by atoms with Crippen molar-refractivity contribution in [1.29, 1.82) is 0 Å². The standard InChI is InChI=1S/C8H19O4P/c1-4-7-12-13(9)8(10-5-2)11-6-3/h8-9H,4-7H2,1-3H3. The van der Waals surface area contributed by atoms with Crippen LogP contribution in [0.15, 0.2) is 0 Å². The van der Waals surface area contributed by atoms with Gasteiger partial charge in [0, 0.05) is 13.2 Å². The summed E-state index contributed by atoms with van der Waals surface area (Å²) in [6.45, 7) is 7.27. The maximum Gasteiger partial charge on any atom is 0.228 e. The van der Waals surface area contributed by atoms with E-state index in [1.807, 2.05) is 20.8 Å². The molecule has 0 heterocycles. The molecule has 0 spiro atoms. The SMILES string of the molecule is CCCOP(O)C(OCC)OCC. The van der Waals surface area contributed by atoms with E-state index in [4.69, 9.17) is 14.0 Å². The molecule has 0 fully saturated rings. The Morgan fingerprint density at radius 1 is 1.15 bits per heavy atom. The summed E-state index contributed by atoms with van der Waals surface area (Å²) in [6.07, 6.45) is 0.879. The fourth-order valence-corrected chi connectivity index (χ4v) is 1.75. The zero-order chi connectivity index (χ0) is 10.1. The van der Waals surface area contributed by atoms with E-state index in [1.165, 1.54) is 0 Å². The lowest BCUT2D eigenvalue weighted by molar-refractivity contribution is -0.0893. The van der Waals surface area contributed by atoms with Crippen LogP contribution in [0.4, 0.5) is 0 Å². The summed E-state index contributed by atoms with van der Waals surface area (Å²) in [4.78, 5) is 9.49. The second-order valence-corrected chi connectivity index (χ2v) is 3.64. The lowest BCUT2D eigenvalue weighted by atomic mass is 10.5. The molecule has 1 atom stereocenters. The van der Waals surface area contributed by atoms with Crippen molar-refractivity contribution in [3.8, 4) is 0 Å². The Hall–Kier alpha value is 0.270. The van der Waals surface area contributed by atoms with Crippen molar-refractivity contribution in [3.63, 3.8) is 0 Å². The van der Waals surface area contributed by atoms with Gasteiger partial charge in [-0.2, -0.15) is 0 Å². The Balaban J connectivity index is 3.72. The van der Waals surface area contributed by atoms with Crippen molar-refractivity contribution in [2.75, 3.05) is 19.8 Å². The summed E-state index contributed by atoms with van der Waals surface area (Å²) in [7, 11) is -1.61. The minimum atomic E-state index is -1.61. The van der Waals surface area contributed by atoms with Gasteiger partial charge in [0.1, 0.15) is 0 Å². The Morgan fingerprint density at radius 2 is 1.69 bits per heavy atom. The quantitative estimate of drug-likeness (QED) is 0.492. The molecule has 0 aliphatic rings. The van der Waals surface area contributed by atoms with Gasteiger partial charge in [-0.1, -0.05) is 6.92 Å². The summed E-state index contributed by atoms with van der Waals surface area (Å²) in [6, 6.07) is -0.600. The summed E-state index contributed by atoms with van der Waals surface area (Å²) >= 11 is 0. The predicted molar refractivity (Wildman–Crippen MR) is 52.4 cm³/mol. The second kappa shape index (κ2) is 8.85. The molecule has 80 valence electrons. The summed E-state index contributed by atoms with van der Waals surface area (Å²) in [5.41, 5.74) is 0. The van der Waals surface area contributed by atoms with Crippen molar-refractivity contribution < 1.29 is 18.9 Å². The van der Waals surface area contributed by atoms with Crippen LogP contribution in [0.1, 0.15) is 27.2 Å². The smallest absolute Gasteiger partial charge is 0.228 e. The van der Waals surface area contributed by atoms with Crippen LogP contribution in [0.5, 0.6) is 0 Å². The molecule has 0 saturated carbocycles. The van der Waals surface area contributed by atoms with E-state index in [0.29, 0.717) is 19.8 Å². The summed E-state index contributed by atoms with van der Waals surface area (Å²) in [5.74, 6) is 0. The number of hydrogen-bond acceptors (Lipinski definition) is 4. The van der Waals surface area contributed by atoms with Crippen molar-refractivity contribution >= 4 is 8.38 Å². The molecule has 0 aromatic heterocycles. The topological polar surface area (TPSA) is 47.9 Å². The molecule has 1 N–H and O–H groups in total. The van der Waals surface area contributed by atoms with E-state index >= 15 is 0 Å². The maximum absolute atomic E-state index is 9.49. The Morgan fingerprint density at radius 3 is 2.08 bits per heavy atom. The van der Waals surface area contributed by atoms with Crippen molar-refractivity contribution in [3.05, 3.63) is 0 Å². The van der Waals surface area contributed by atoms with Gasteiger partial charge in [-0.3, -0.25) is 0 Å². The van der Waals surface area contributed by atoms with Gasteiger partial charge in [-0.15, -0.1) is 0 Å². The van der Waals surface area contributed by atoms with Gasteiger partial charge in [-0.05, 0) is 20.3 Å². The lowest BCUT2D eigenvalue weighted by Crippen LogP contribution is -2.16. The normalized spacial score (nSPS) is 13.6. The van der Waals surface area contributed by atoms with Gasteiger partial charge in [-0.25, -0.2) is 0 Å². The van der Waals surface area contributed by atoms with Crippen LogP contribution >= 0.6 is 8.38 Å². The van der Waals surface area contributed by atoms with Crippen LogP contribution in [0.3, 0.4) is 0 Å². The van der Waals surface area contributed by atoms with Gasteiger partial charge in [0.2, 0.25) is 14.4 Å². The zero-order valence-corrected chi connectivity index (χ0v) is 9.42. The first-order chi connectivity index (χ1) is 6.26. The first-order valence-electron chi connectivity index (χ1n) is 4.60. The Labute approximate surface area is 81.1 Å². The number of rotatable bonds is 8. The highest BCUT2D eigenvalue weighted by molar-refractivity contribution is 7.46. The van der Waals surface area contributed by atoms with Crippen LogP contribution in [0.25, 0.3) is 0 Å². The average Bonchev–Trinajstić information content (AvgIpc) is 2.14. The highest BCUT2D eigenvalue weighted by Crippen LogP contribution is 2.39. The van der Waals surface area contributed by atoms with E-state index in [2.05, 4.69) is 0 Å². The van der Waals surface area contributed by atoms with E-state index < -0.39 is 14.4 Å².